The lowest BCUT2D eigenvalue weighted by Crippen LogP contribution is -2.14. The van der Waals surface area contributed by atoms with Crippen LogP contribution in [0.25, 0.3) is 0 Å². The average Bonchev–Trinajstić information content (AvgIpc) is 2.92. The smallest absolute Gasteiger partial charge is 0.266 e. The molecule has 0 aliphatic heterocycles. The van der Waals surface area contributed by atoms with Crippen molar-refractivity contribution in [1.82, 2.24) is 9.97 Å². The maximum atomic E-state index is 11.4. The van der Waals surface area contributed by atoms with Gasteiger partial charge in [-0.1, -0.05) is 0 Å². The van der Waals surface area contributed by atoms with E-state index in [1.165, 1.54) is 0 Å². The minimum Gasteiger partial charge on any atom is -0.359 e. The summed E-state index contributed by atoms with van der Waals surface area (Å²) in [5, 5.41) is 2.83. The number of aromatic nitrogens is 2. The van der Waals surface area contributed by atoms with E-state index in [0.717, 1.165) is 18.5 Å². The molecule has 0 radical (unpaired) electrons. The molecule has 5 heteroatoms. The predicted octanol–water partition coefficient (Wildman–Crippen LogP) is 1.45. The monoisotopic (exact) mass is 243 g/mol. The molecular weight excluding hydrogens is 234 g/mol. The van der Waals surface area contributed by atoms with Gasteiger partial charge in [0, 0.05) is 13.0 Å². The summed E-state index contributed by atoms with van der Waals surface area (Å²) in [7, 11) is 1.74. The van der Waals surface area contributed by atoms with Gasteiger partial charge in [0.05, 0.1) is 5.69 Å². The van der Waals surface area contributed by atoms with Gasteiger partial charge < -0.3 is 5.32 Å². The second-order valence-electron chi connectivity index (χ2n) is 3.14. The van der Waals surface area contributed by atoms with E-state index >= 15 is 0 Å². The Morgan fingerprint density at radius 2 is 2.31 bits per heavy atom. The Morgan fingerprint density at radius 1 is 1.62 bits per heavy atom. The quantitative estimate of drug-likeness (QED) is 0.827. The van der Waals surface area contributed by atoms with E-state index in [0.29, 0.717) is 16.3 Å². The highest BCUT2D eigenvalue weighted by Crippen LogP contribution is 2.41. The van der Waals surface area contributed by atoms with E-state index < -0.39 is 0 Å². The van der Waals surface area contributed by atoms with Crippen molar-refractivity contribution in [3.8, 4) is 0 Å². The van der Waals surface area contributed by atoms with Crippen molar-refractivity contribution in [3.05, 3.63) is 20.5 Å². The summed E-state index contributed by atoms with van der Waals surface area (Å²) in [5.41, 5.74) is 0.773. The highest BCUT2D eigenvalue weighted by atomic mass is 79.9. The third kappa shape index (κ3) is 1.60. The number of anilines is 1. The van der Waals surface area contributed by atoms with Crippen molar-refractivity contribution in [2.75, 3.05) is 12.4 Å². The molecule has 0 atom stereocenters. The molecule has 0 saturated heterocycles. The Balaban J connectivity index is 2.52. The van der Waals surface area contributed by atoms with Crippen LogP contribution in [0, 0.1) is 0 Å². The lowest BCUT2D eigenvalue weighted by atomic mass is 10.3. The Labute approximate surface area is 83.9 Å². The number of nitrogens with one attached hydrogen (secondary N) is 2. The molecule has 2 N–H and O–H groups in total. The molecule has 13 heavy (non-hydrogen) atoms. The number of rotatable bonds is 2. The van der Waals surface area contributed by atoms with Gasteiger partial charge in [0.2, 0.25) is 5.95 Å². The number of halogens is 1. The molecule has 1 aromatic rings. The van der Waals surface area contributed by atoms with Crippen molar-refractivity contribution >= 4 is 21.9 Å². The highest BCUT2D eigenvalue weighted by Gasteiger charge is 2.28. The van der Waals surface area contributed by atoms with Gasteiger partial charge in [0.25, 0.3) is 5.56 Å². The molecule has 1 fully saturated rings. The second-order valence-corrected chi connectivity index (χ2v) is 3.93. The Hall–Kier alpha value is -0.840. The Bertz CT molecular complexity index is 383. The van der Waals surface area contributed by atoms with Gasteiger partial charge in [-0.2, -0.15) is 0 Å². The Morgan fingerprint density at radius 3 is 2.85 bits per heavy atom. The Kier molecular flexibility index (Phi) is 2.11. The lowest BCUT2D eigenvalue weighted by molar-refractivity contribution is 0.955. The molecule has 1 aliphatic rings. The summed E-state index contributed by atoms with van der Waals surface area (Å²) in [6.45, 7) is 0. The van der Waals surface area contributed by atoms with Crippen molar-refractivity contribution in [1.29, 1.82) is 0 Å². The molecule has 0 bridgehead atoms. The first kappa shape index (κ1) is 8.74. The third-order valence-electron chi connectivity index (χ3n) is 2.09. The van der Waals surface area contributed by atoms with Crippen LogP contribution in [-0.4, -0.2) is 17.0 Å². The van der Waals surface area contributed by atoms with Gasteiger partial charge in [0.1, 0.15) is 4.47 Å². The van der Waals surface area contributed by atoms with Crippen LogP contribution in [0.4, 0.5) is 5.95 Å². The van der Waals surface area contributed by atoms with E-state index in [-0.39, 0.29) is 5.56 Å². The summed E-state index contributed by atoms with van der Waals surface area (Å²) < 4.78 is 0.578. The van der Waals surface area contributed by atoms with Crippen molar-refractivity contribution in [3.63, 3.8) is 0 Å². The average molecular weight is 244 g/mol. The van der Waals surface area contributed by atoms with E-state index in [2.05, 4.69) is 31.2 Å². The first-order chi connectivity index (χ1) is 6.22. The molecular formula is C8H10BrN3O. The summed E-state index contributed by atoms with van der Waals surface area (Å²) in [6.07, 6.45) is 2.27. The van der Waals surface area contributed by atoms with Crippen molar-refractivity contribution in [2.24, 2.45) is 0 Å². The van der Waals surface area contributed by atoms with Crippen LogP contribution >= 0.6 is 15.9 Å². The van der Waals surface area contributed by atoms with Gasteiger partial charge >= 0.3 is 0 Å². The lowest BCUT2D eigenvalue weighted by Gasteiger charge is -2.03. The standard InChI is InChI=1S/C8H10BrN3O/c1-10-8-11-6(4-2-3-4)5(9)7(13)12-8/h4H,2-3H2,1H3,(H2,10,11,12,13). The van der Waals surface area contributed by atoms with Gasteiger partial charge in [-0.3, -0.25) is 9.78 Å². The highest BCUT2D eigenvalue weighted by molar-refractivity contribution is 9.10. The van der Waals surface area contributed by atoms with Gasteiger partial charge in [-0.05, 0) is 28.8 Å². The summed E-state index contributed by atoms with van der Waals surface area (Å²) in [5.74, 6) is 1.01. The first-order valence-electron chi connectivity index (χ1n) is 4.20. The summed E-state index contributed by atoms with van der Waals surface area (Å²) in [6, 6.07) is 0. The number of nitrogens with zero attached hydrogens (tertiary/aromatic N) is 1. The van der Waals surface area contributed by atoms with E-state index in [4.69, 9.17) is 0 Å². The minimum absolute atomic E-state index is 0.110. The first-order valence-corrected chi connectivity index (χ1v) is 4.99. The molecule has 1 heterocycles. The van der Waals surface area contributed by atoms with Crippen LogP contribution in [0.3, 0.4) is 0 Å². The largest absolute Gasteiger partial charge is 0.359 e. The molecule has 1 aliphatic carbocycles. The molecule has 1 aromatic heterocycles. The van der Waals surface area contributed by atoms with Gasteiger partial charge in [-0.15, -0.1) is 0 Å². The summed E-state index contributed by atoms with van der Waals surface area (Å²) >= 11 is 3.25. The second kappa shape index (κ2) is 3.14. The molecule has 0 amide bonds. The van der Waals surface area contributed by atoms with Gasteiger partial charge in [0.15, 0.2) is 0 Å². The van der Waals surface area contributed by atoms with Crippen LogP contribution in [-0.2, 0) is 0 Å². The van der Waals surface area contributed by atoms with Crippen LogP contribution in [0.2, 0.25) is 0 Å². The van der Waals surface area contributed by atoms with Crippen molar-refractivity contribution < 1.29 is 0 Å². The van der Waals surface area contributed by atoms with Crippen LogP contribution in [0.5, 0.6) is 0 Å². The zero-order valence-corrected chi connectivity index (χ0v) is 8.81. The molecule has 0 unspecified atom stereocenters. The topological polar surface area (TPSA) is 57.8 Å². The maximum absolute atomic E-state index is 11.4. The number of hydrogen-bond acceptors (Lipinski definition) is 3. The minimum atomic E-state index is -0.110. The molecule has 1 saturated carbocycles. The molecule has 4 nitrogen and oxygen atoms in total. The maximum Gasteiger partial charge on any atom is 0.266 e. The third-order valence-corrected chi connectivity index (χ3v) is 2.86. The van der Waals surface area contributed by atoms with E-state index in [1.807, 2.05) is 0 Å². The summed E-state index contributed by atoms with van der Waals surface area (Å²) in [4.78, 5) is 18.3. The fourth-order valence-electron chi connectivity index (χ4n) is 1.22. The van der Waals surface area contributed by atoms with Crippen molar-refractivity contribution in [2.45, 2.75) is 18.8 Å². The SMILES string of the molecule is CNc1nc(C2CC2)c(Br)c(=O)[nH]1. The fourth-order valence-corrected chi connectivity index (χ4v) is 1.73. The zero-order valence-electron chi connectivity index (χ0n) is 7.22. The molecule has 0 spiro atoms. The number of aromatic amines is 1. The normalized spacial score (nSPS) is 15.8. The number of hydrogen-bond donors (Lipinski definition) is 2. The van der Waals surface area contributed by atoms with Gasteiger partial charge in [-0.25, -0.2) is 4.98 Å². The van der Waals surface area contributed by atoms with Crippen LogP contribution in [0.1, 0.15) is 24.5 Å². The molecule has 0 aromatic carbocycles. The van der Waals surface area contributed by atoms with E-state index in [1.54, 1.807) is 7.05 Å². The van der Waals surface area contributed by atoms with E-state index in [9.17, 15) is 4.79 Å². The predicted molar refractivity (Wildman–Crippen MR) is 54.1 cm³/mol. The molecule has 70 valence electrons. The van der Waals surface area contributed by atoms with Crippen LogP contribution < -0.4 is 10.9 Å². The van der Waals surface area contributed by atoms with Crippen LogP contribution in [0.15, 0.2) is 9.27 Å². The molecule has 2 rings (SSSR count). The zero-order chi connectivity index (χ0) is 9.42. The number of H-pyrrole nitrogens is 1. The fraction of sp³-hybridized carbons (Fsp3) is 0.500.